The average molecular weight is 229 g/mol. The molecule has 0 bridgehead atoms. The van der Waals surface area contributed by atoms with E-state index >= 15 is 0 Å². The summed E-state index contributed by atoms with van der Waals surface area (Å²) in [5.41, 5.74) is 6.33. The van der Waals surface area contributed by atoms with Gasteiger partial charge in [-0.3, -0.25) is 4.90 Å². The summed E-state index contributed by atoms with van der Waals surface area (Å²) in [5, 5.41) is 0. The summed E-state index contributed by atoms with van der Waals surface area (Å²) in [6, 6.07) is 0.674. The fraction of sp³-hybridized carbons (Fsp3) is 1.00. The van der Waals surface area contributed by atoms with Crippen molar-refractivity contribution in [3.63, 3.8) is 0 Å². The Morgan fingerprint density at radius 2 is 2.27 bits per heavy atom. The molecule has 0 radical (unpaired) electrons. The van der Waals surface area contributed by atoms with Crippen LogP contribution in [-0.4, -0.2) is 66.1 Å². The quantitative estimate of drug-likeness (QED) is 0.745. The first kappa shape index (κ1) is 11.7. The molecule has 2 rings (SSSR count). The van der Waals surface area contributed by atoms with Crippen LogP contribution in [-0.2, 0) is 0 Å². The molecule has 15 heavy (non-hydrogen) atoms. The Morgan fingerprint density at radius 1 is 1.47 bits per heavy atom. The summed E-state index contributed by atoms with van der Waals surface area (Å²) in [7, 11) is 2.22. The number of rotatable bonds is 2. The predicted octanol–water partition coefficient (Wildman–Crippen LogP) is 0.457. The van der Waals surface area contributed by atoms with E-state index in [2.05, 4.69) is 35.5 Å². The molecule has 2 fully saturated rings. The molecule has 2 heterocycles. The predicted molar refractivity (Wildman–Crippen MR) is 67.4 cm³/mol. The smallest absolute Gasteiger partial charge is 0.0430 e. The molecule has 0 aromatic carbocycles. The number of nitrogens with zero attached hydrogens (tertiary/aromatic N) is 2. The van der Waals surface area contributed by atoms with Crippen molar-refractivity contribution in [3.8, 4) is 0 Å². The molecule has 0 aromatic heterocycles. The SMILES string of the molecule is CC1CN(C2(CN)CCSC2)CCN1C. The molecule has 2 atom stereocenters. The van der Waals surface area contributed by atoms with Gasteiger partial charge in [0.1, 0.15) is 0 Å². The lowest BCUT2D eigenvalue weighted by atomic mass is 9.94. The fourth-order valence-corrected chi connectivity index (χ4v) is 4.11. The van der Waals surface area contributed by atoms with Crippen molar-refractivity contribution < 1.29 is 0 Å². The Hall–Kier alpha value is 0.230. The van der Waals surface area contributed by atoms with Crippen LogP contribution in [0.25, 0.3) is 0 Å². The molecule has 2 N–H and O–H groups in total. The van der Waals surface area contributed by atoms with Gasteiger partial charge in [0.25, 0.3) is 0 Å². The molecule has 2 aliphatic heterocycles. The number of nitrogens with two attached hydrogens (primary N) is 1. The zero-order valence-corrected chi connectivity index (χ0v) is 10.7. The van der Waals surface area contributed by atoms with Crippen LogP contribution >= 0.6 is 11.8 Å². The van der Waals surface area contributed by atoms with E-state index in [1.165, 1.54) is 37.6 Å². The van der Waals surface area contributed by atoms with Gasteiger partial charge in [0.15, 0.2) is 0 Å². The van der Waals surface area contributed by atoms with Crippen molar-refractivity contribution in [2.24, 2.45) is 5.73 Å². The third-order valence-electron chi connectivity index (χ3n) is 4.09. The van der Waals surface area contributed by atoms with Crippen LogP contribution in [0.1, 0.15) is 13.3 Å². The maximum Gasteiger partial charge on any atom is 0.0430 e. The molecule has 0 amide bonds. The lowest BCUT2D eigenvalue weighted by molar-refractivity contribution is 0.0313. The van der Waals surface area contributed by atoms with Crippen LogP contribution in [0.2, 0.25) is 0 Å². The van der Waals surface area contributed by atoms with Gasteiger partial charge in [-0.15, -0.1) is 0 Å². The van der Waals surface area contributed by atoms with Crippen molar-refractivity contribution >= 4 is 11.8 Å². The summed E-state index contributed by atoms with van der Waals surface area (Å²) < 4.78 is 0. The monoisotopic (exact) mass is 229 g/mol. The van der Waals surface area contributed by atoms with E-state index in [0.717, 1.165) is 6.54 Å². The minimum Gasteiger partial charge on any atom is -0.329 e. The van der Waals surface area contributed by atoms with Crippen molar-refractivity contribution in [2.75, 3.05) is 44.7 Å². The van der Waals surface area contributed by atoms with Gasteiger partial charge >= 0.3 is 0 Å². The highest BCUT2D eigenvalue weighted by Gasteiger charge is 2.40. The molecular formula is C11H23N3S. The van der Waals surface area contributed by atoms with Crippen LogP contribution in [0, 0.1) is 0 Å². The van der Waals surface area contributed by atoms with Gasteiger partial charge in [-0.05, 0) is 26.1 Å². The number of hydrogen-bond donors (Lipinski definition) is 1. The highest BCUT2D eigenvalue weighted by molar-refractivity contribution is 7.99. The van der Waals surface area contributed by atoms with Crippen LogP contribution in [0.4, 0.5) is 0 Å². The van der Waals surface area contributed by atoms with Crippen LogP contribution in [0.15, 0.2) is 0 Å². The van der Waals surface area contributed by atoms with E-state index in [0.29, 0.717) is 11.6 Å². The average Bonchev–Trinajstić information content (AvgIpc) is 2.72. The standard InChI is InChI=1S/C11H23N3S/c1-10-7-14(5-4-13(10)2)11(8-12)3-6-15-9-11/h10H,3-9,12H2,1-2H3. The number of thioether (sulfide) groups is 1. The van der Waals surface area contributed by atoms with Gasteiger partial charge in [0.2, 0.25) is 0 Å². The van der Waals surface area contributed by atoms with Crippen molar-refractivity contribution in [2.45, 2.75) is 24.9 Å². The lowest BCUT2D eigenvalue weighted by Crippen LogP contribution is -2.62. The summed E-state index contributed by atoms with van der Waals surface area (Å²) in [5.74, 6) is 2.53. The van der Waals surface area contributed by atoms with Gasteiger partial charge in [-0.1, -0.05) is 0 Å². The first-order valence-electron chi connectivity index (χ1n) is 5.91. The Kier molecular flexibility index (Phi) is 3.60. The summed E-state index contributed by atoms with van der Waals surface area (Å²) in [6.45, 7) is 6.72. The summed E-state index contributed by atoms with van der Waals surface area (Å²) in [6.07, 6.45) is 1.28. The van der Waals surface area contributed by atoms with Gasteiger partial charge in [0.05, 0.1) is 0 Å². The van der Waals surface area contributed by atoms with Crippen LogP contribution in [0.3, 0.4) is 0 Å². The van der Waals surface area contributed by atoms with Gasteiger partial charge in [-0.25, -0.2) is 0 Å². The molecule has 2 saturated heterocycles. The molecule has 3 nitrogen and oxygen atoms in total. The molecule has 2 unspecified atom stereocenters. The van der Waals surface area contributed by atoms with E-state index < -0.39 is 0 Å². The zero-order valence-electron chi connectivity index (χ0n) is 9.91. The molecule has 2 aliphatic rings. The highest BCUT2D eigenvalue weighted by atomic mass is 32.2. The maximum absolute atomic E-state index is 6.01. The second-order valence-corrected chi connectivity index (χ2v) is 6.11. The van der Waals surface area contributed by atoms with E-state index in [-0.39, 0.29) is 0 Å². The van der Waals surface area contributed by atoms with Gasteiger partial charge in [-0.2, -0.15) is 11.8 Å². The third-order valence-corrected chi connectivity index (χ3v) is 5.33. The summed E-state index contributed by atoms with van der Waals surface area (Å²) in [4.78, 5) is 5.10. The fourth-order valence-electron chi connectivity index (χ4n) is 2.62. The van der Waals surface area contributed by atoms with E-state index in [1.54, 1.807) is 0 Å². The number of likely N-dealkylation sites (N-methyl/N-ethyl adjacent to an activating group) is 1. The molecule has 0 spiro atoms. The lowest BCUT2D eigenvalue weighted by Gasteiger charge is -2.47. The number of hydrogen-bond acceptors (Lipinski definition) is 4. The zero-order chi connectivity index (χ0) is 10.9. The Balaban J connectivity index is 2.03. The highest BCUT2D eigenvalue weighted by Crippen LogP contribution is 2.33. The topological polar surface area (TPSA) is 32.5 Å². The Morgan fingerprint density at radius 3 is 2.80 bits per heavy atom. The molecule has 4 heteroatoms. The minimum absolute atomic E-state index is 0.320. The maximum atomic E-state index is 6.01. The van der Waals surface area contributed by atoms with Crippen molar-refractivity contribution in [3.05, 3.63) is 0 Å². The summed E-state index contributed by atoms with van der Waals surface area (Å²) >= 11 is 2.07. The second kappa shape index (κ2) is 4.62. The largest absolute Gasteiger partial charge is 0.329 e. The van der Waals surface area contributed by atoms with Gasteiger partial charge in [0, 0.05) is 43.5 Å². The van der Waals surface area contributed by atoms with Gasteiger partial charge < -0.3 is 10.6 Å². The van der Waals surface area contributed by atoms with E-state index in [4.69, 9.17) is 5.73 Å². The molecular weight excluding hydrogens is 206 g/mol. The minimum atomic E-state index is 0.320. The molecule has 88 valence electrons. The second-order valence-electron chi connectivity index (χ2n) is 5.01. The first-order chi connectivity index (χ1) is 7.18. The number of piperazine rings is 1. The molecule has 0 saturated carbocycles. The van der Waals surface area contributed by atoms with E-state index in [9.17, 15) is 0 Å². The molecule has 0 aromatic rings. The first-order valence-corrected chi connectivity index (χ1v) is 7.06. The van der Waals surface area contributed by atoms with Crippen LogP contribution in [0.5, 0.6) is 0 Å². The normalized spacial score (nSPS) is 39.8. The Labute approximate surface area is 97.4 Å². The van der Waals surface area contributed by atoms with Crippen molar-refractivity contribution in [1.82, 2.24) is 9.80 Å². The third kappa shape index (κ3) is 2.18. The Bertz CT molecular complexity index is 216. The molecule has 0 aliphatic carbocycles. The van der Waals surface area contributed by atoms with Crippen LogP contribution < -0.4 is 5.73 Å². The van der Waals surface area contributed by atoms with Crippen molar-refractivity contribution in [1.29, 1.82) is 0 Å². The van der Waals surface area contributed by atoms with E-state index in [1.807, 2.05) is 0 Å².